The number of carbonyl (C=O) groups is 2. The van der Waals surface area contributed by atoms with Crippen LogP contribution in [0.2, 0.25) is 0 Å². The Kier molecular flexibility index (Phi) is 4.80. The molecule has 0 aromatic heterocycles. The fourth-order valence-corrected chi connectivity index (χ4v) is 3.13. The summed E-state index contributed by atoms with van der Waals surface area (Å²) in [6.45, 7) is 0.698. The van der Waals surface area contributed by atoms with Crippen molar-refractivity contribution in [3.8, 4) is 0 Å². The molecule has 2 unspecified atom stereocenters. The van der Waals surface area contributed by atoms with Gasteiger partial charge in [0, 0.05) is 26.1 Å². The number of rotatable bonds is 2. The van der Waals surface area contributed by atoms with Crippen LogP contribution in [0.3, 0.4) is 0 Å². The molecule has 1 saturated heterocycles. The number of aliphatic hydroxyl groups excluding tert-OH is 1. The smallest absolute Gasteiger partial charge is 0.228 e. The zero-order valence-corrected chi connectivity index (χ0v) is 11.6. The molecular formula is C14H24N2O3. The SMILES string of the molecule is CN(C(=O)C1CCCC[C@H]1O)C1CCCNC(=O)C1. The molecule has 1 aliphatic carbocycles. The van der Waals surface area contributed by atoms with Gasteiger partial charge >= 0.3 is 0 Å². The summed E-state index contributed by atoms with van der Waals surface area (Å²) in [6.07, 6.45) is 5.12. The molecule has 5 heteroatoms. The van der Waals surface area contributed by atoms with E-state index in [4.69, 9.17) is 0 Å². The Hall–Kier alpha value is -1.10. The molecule has 0 bridgehead atoms. The molecule has 0 aromatic carbocycles. The van der Waals surface area contributed by atoms with E-state index in [1.165, 1.54) is 0 Å². The van der Waals surface area contributed by atoms with E-state index in [9.17, 15) is 14.7 Å². The van der Waals surface area contributed by atoms with Crippen LogP contribution < -0.4 is 5.32 Å². The van der Waals surface area contributed by atoms with Crippen molar-refractivity contribution in [2.75, 3.05) is 13.6 Å². The molecule has 108 valence electrons. The van der Waals surface area contributed by atoms with Crippen molar-refractivity contribution in [1.29, 1.82) is 0 Å². The molecule has 2 rings (SSSR count). The van der Waals surface area contributed by atoms with Crippen LogP contribution in [0, 0.1) is 5.92 Å². The molecule has 2 N–H and O–H groups in total. The Balaban J connectivity index is 1.98. The van der Waals surface area contributed by atoms with Crippen LogP contribution in [-0.4, -0.2) is 47.6 Å². The summed E-state index contributed by atoms with van der Waals surface area (Å²) in [5.41, 5.74) is 0. The maximum Gasteiger partial charge on any atom is 0.228 e. The van der Waals surface area contributed by atoms with Crippen molar-refractivity contribution in [2.45, 2.75) is 57.1 Å². The highest BCUT2D eigenvalue weighted by molar-refractivity contribution is 5.81. The van der Waals surface area contributed by atoms with Crippen LogP contribution >= 0.6 is 0 Å². The van der Waals surface area contributed by atoms with Gasteiger partial charge < -0.3 is 15.3 Å². The molecule has 5 nitrogen and oxygen atoms in total. The second-order valence-electron chi connectivity index (χ2n) is 5.76. The first-order chi connectivity index (χ1) is 9.09. The van der Waals surface area contributed by atoms with E-state index < -0.39 is 6.10 Å². The highest BCUT2D eigenvalue weighted by atomic mass is 16.3. The molecule has 0 spiro atoms. The van der Waals surface area contributed by atoms with Gasteiger partial charge in [-0.2, -0.15) is 0 Å². The van der Waals surface area contributed by atoms with Gasteiger partial charge in [0.1, 0.15) is 0 Å². The fraction of sp³-hybridized carbons (Fsp3) is 0.857. The summed E-state index contributed by atoms with van der Waals surface area (Å²) < 4.78 is 0. The highest BCUT2D eigenvalue weighted by Crippen LogP contribution is 2.27. The van der Waals surface area contributed by atoms with Crippen LogP contribution in [0.1, 0.15) is 44.9 Å². The van der Waals surface area contributed by atoms with Gasteiger partial charge in [-0.05, 0) is 25.7 Å². The number of hydrogen-bond acceptors (Lipinski definition) is 3. The second-order valence-corrected chi connectivity index (χ2v) is 5.76. The number of carbonyl (C=O) groups excluding carboxylic acids is 2. The lowest BCUT2D eigenvalue weighted by Crippen LogP contribution is -2.45. The number of nitrogens with one attached hydrogen (secondary N) is 1. The standard InChI is InChI=1S/C14H24N2O3/c1-16(10-5-4-8-15-13(18)9-10)14(19)11-6-2-3-7-12(11)17/h10-12,17H,2-9H2,1H3,(H,15,18)/t10?,11?,12-/m1/s1. The monoisotopic (exact) mass is 268 g/mol. The highest BCUT2D eigenvalue weighted by Gasteiger charge is 2.34. The van der Waals surface area contributed by atoms with E-state index >= 15 is 0 Å². The van der Waals surface area contributed by atoms with Crippen molar-refractivity contribution in [1.82, 2.24) is 10.2 Å². The van der Waals surface area contributed by atoms with Gasteiger partial charge in [-0.1, -0.05) is 12.8 Å². The quantitative estimate of drug-likeness (QED) is 0.773. The molecule has 0 aromatic rings. The van der Waals surface area contributed by atoms with Gasteiger partial charge in [-0.25, -0.2) is 0 Å². The first kappa shape index (κ1) is 14.3. The lowest BCUT2D eigenvalue weighted by molar-refractivity contribution is -0.142. The second kappa shape index (κ2) is 6.37. The fourth-order valence-electron chi connectivity index (χ4n) is 3.13. The predicted octanol–water partition coefficient (Wildman–Crippen LogP) is 0.665. The normalized spacial score (nSPS) is 32.3. The summed E-state index contributed by atoms with van der Waals surface area (Å²) in [7, 11) is 1.77. The van der Waals surface area contributed by atoms with Gasteiger partial charge in [0.2, 0.25) is 11.8 Å². The Bertz CT molecular complexity index is 346. The van der Waals surface area contributed by atoms with Gasteiger partial charge in [-0.15, -0.1) is 0 Å². The van der Waals surface area contributed by atoms with Crippen LogP contribution in [0.5, 0.6) is 0 Å². The first-order valence-electron chi connectivity index (χ1n) is 7.31. The van der Waals surface area contributed by atoms with Gasteiger partial charge in [-0.3, -0.25) is 9.59 Å². The molecule has 3 atom stereocenters. The summed E-state index contributed by atoms with van der Waals surface area (Å²) in [5, 5.41) is 12.8. The molecule has 2 amide bonds. The maximum absolute atomic E-state index is 12.5. The van der Waals surface area contributed by atoms with E-state index in [1.54, 1.807) is 11.9 Å². The third-order valence-electron chi connectivity index (χ3n) is 4.40. The van der Waals surface area contributed by atoms with Crippen LogP contribution in [-0.2, 0) is 9.59 Å². The van der Waals surface area contributed by atoms with Gasteiger partial charge in [0.05, 0.1) is 12.0 Å². The molecule has 1 saturated carbocycles. The Morgan fingerprint density at radius 3 is 2.74 bits per heavy atom. The molecule has 2 fully saturated rings. The zero-order valence-electron chi connectivity index (χ0n) is 11.6. The van der Waals surface area contributed by atoms with E-state index in [0.29, 0.717) is 13.0 Å². The van der Waals surface area contributed by atoms with E-state index in [-0.39, 0.29) is 23.8 Å². The Morgan fingerprint density at radius 2 is 2.00 bits per heavy atom. The summed E-state index contributed by atoms with van der Waals surface area (Å²) in [6, 6.07) is -0.0240. The maximum atomic E-state index is 12.5. The predicted molar refractivity (Wildman–Crippen MR) is 71.4 cm³/mol. The minimum absolute atomic E-state index is 0.00639. The average Bonchev–Trinajstić information content (AvgIpc) is 2.62. The van der Waals surface area contributed by atoms with Crippen molar-refractivity contribution >= 4 is 11.8 Å². The van der Waals surface area contributed by atoms with Crippen molar-refractivity contribution in [3.63, 3.8) is 0 Å². The van der Waals surface area contributed by atoms with Crippen molar-refractivity contribution in [3.05, 3.63) is 0 Å². The Morgan fingerprint density at radius 1 is 1.26 bits per heavy atom. The van der Waals surface area contributed by atoms with Crippen molar-refractivity contribution in [2.24, 2.45) is 5.92 Å². The van der Waals surface area contributed by atoms with E-state index in [2.05, 4.69) is 5.32 Å². The Labute approximate surface area is 114 Å². The minimum atomic E-state index is -0.511. The summed E-state index contributed by atoms with van der Waals surface area (Å²) in [5.74, 6) is -0.247. The van der Waals surface area contributed by atoms with Crippen LogP contribution in [0.25, 0.3) is 0 Å². The molecular weight excluding hydrogens is 244 g/mol. The molecule has 1 heterocycles. The van der Waals surface area contributed by atoms with Crippen LogP contribution in [0.4, 0.5) is 0 Å². The molecule has 0 radical (unpaired) electrons. The summed E-state index contributed by atoms with van der Waals surface area (Å²) >= 11 is 0. The van der Waals surface area contributed by atoms with Crippen molar-refractivity contribution < 1.29 is 14.7 Å². The minimum Gasteiger partial charge on any atom is -0.392 e. The number of aliphatic hydroxyl groups is 1. The van der Waals surface area contributed by atoms with E-state index in [1.807, 2.05) is 0 Å². The number of hydrogen-bond donors (Lipinski definition) is 2. The first-order valence-corrected chi connectivity index (χ1v) is 7.31. The lowest BCUT2D eigenvalue weighted by atomic mass is 9.85. The number of amides is 2. The van der Waals surface area contributed by atoms with Crippen LogP contribution in [0.15, 0.2) is 0 Å². The number of nitrogens with zero attached hydrogens (tertiary/aromatic N) is 1. The lowest BCUT2D eigenvalue weighted by Gasteiger charge is -2.34. The molecule has 19 heavy (non-hydrogen) atoms. The summed E-state index contributed by atoms with van der Waals surface area (Å²) in [4.78, 5) is 25.7. The average molecular weight is 268 g/mol. The topological polar surface area (TPSA) is 69.6 Å². The third-order valence-corrected chi connectivity index (χ3v) is 4.40. The van der Waals surface area contributed by atoms with E-state index in [0.717, 1.165) is 38.5 Å². The molecule has 1 aliphatic heterocycles. The van der Waals surface area contributed by atoms with Gasteiger partial charge in [0.25, 0.3) is 0 Å². The van der Waals surface area contributed by atoms with Gasteiger partial charge in [0.15, 0.2) is 0 Å². The molecule has 2 aliphatic rings. The largest absolute Gasteiger partial charge is 0.392 e. The zero-order chi connectivity index (χ0) is 13.8. The third kappa shape index (κ3) is 3.47.